The molecule has 2 heterocycles. The Morgan fingerprint density at radius 1 is 1.58 bits per heavy atom. The van der Waals surface area contributed by atoms with Gasteiger partial charge in [-0.25, -0.2) is 0 Å². The van der Waals surface area contributed by atoms with Gasteiger partial charge < -0.3 is 4.74 Å². The van der Waals surface area contributed by atoms with E-state index in [4.69, 9.17) is 4.74 Å². The number of rotatable bonds is 1. The Hall–Kier alpha value is -1.03. The molecule has 12 heavy (non-hydrogen) atoms. The minimum absolute atomic E-state index is 0.480. The molecular formula is C8H11N3O. The van der Waals surface area contributed by atoms with Crippen molar-refractivity contribution in [1.29, 1.82) is 0 Å². The zero-order valence-electron chi connectivity index (χ0n) is 7.03. The summed E-state index contributed by atoms with van der Waals surface area (Å²) in [4.78, 5) is 0. The van der Waals surface area contributed by atoms with Gasteiger partial charge in [-0.1, -0.05) is 0 Å². The van der Waals surface area contributed by atoms with Crippen molar-refractivity contribution in [2.75, 3.05) is 13.2 Å². The molecule has 1 unspecified atom stereocenters. The third-order valence-corrected chi connectivity index (χ3v) is 2.23. The molecule has 1 saturated heterocycles. The van der Waals surface area contributed by atoms with Gasteiger partial charge in [0.2, 0.25) is 0 Å². The van der Waals surface area contributed by atoms with Gasteiger partial charge in [0.25, 0.3) is 0 Å². The molecule has 4 nitrogen and oxygen atoms in total. The number of hydrogen-bond acceptors (Lipinski definition) is 4. The normalized spacial score (nSPS) is 22.9. The smallest absolute Gasteiger partial charge is 0.0669 e. The van der Waals surface area contributed by atoms with Crippen molar-refractivity contribution in [3.05, 3.63) is 17.5 Å². The fraction of sp³-hybridized carbons (Fsp3) is 0.625. The predicted octanol–water partition coefficient (Wildman–Crippen LogP) is 0.684. The fourth-order valence-corrected chi connectivity index (χ4v) is 1.51. The van der Waals surface area contributed by atoms with Gasteiger partial charge in [-0.3, -0.25) is 0 Å². The van der Waals surface area contributed by atoms with Crippen LogP contribution < -0.4 is 0 Å². The Kier molecular flexibility index (Phi) is 1.99. The zero-order chi connectivity index (χ0) is 8.39. The maximum Gasteiger partial charge on any atom is 0.0669 e. The van der Waals surface area contributed by atoms with Crippen LogP contribution in [0.1, 0.15) is 23.6 Å². The van der Waals surface area contributed by atoms with Crippen LogP contribution in [0.2, 0.25) is 0 Å². The van der Waals surface area contributed by atoms with Gasteiger partial charge in [-0.05, 0) is 18.6 Å². The van der Waals surface area contributed by atoms with E-state index in [-0.39, 0.29) is 0 Å². The lowest BCUT2D eigenvalue weighted by Gasteiger charge is -2.07. The van der Waals surface area contributed by atoms with Gasteiger partial charge >= 0.3 is 0 Å². The molecule has 1 atom stereocenters. The van der Waals surface area contributed by atoms with E-state index < -0.39 is 0 Å². The standard InChI is InChI=1S/C8H11N3O/c1-6-8(4-9-11-10-6)7-2-3-12-5-7/h4,7H,2-3,5H2,1H3. The van der Waals surface area contributed by atoms with Crippen molar-refractivity contribution in [3.63, 3.8) is 0 Å². The van der Waals surface area contributed by atoms with E-state index >= 15 is 0 Å². The molecule has 0 spiro atoms. The summed E-state index contributed by atoms with van der Waals surface area (Å²) in [5, 5.41) is 11.3. The highest BCUT2D eigenvalue weighted by Gasteiger charge is 2.20. The van der Waals surface area contributed by atoms with Crippen molar-refractivity contribution in [1.82, 2.24) is 15.4 Å². The Bertz CT molecular complexity index is 271. The third-order valence-electron chi connectivity index (χ3n) is 2.23. The fourth-order valence-electron chi connectivity index (χ4n) is 1.51. The summed E-state index contributed by atoms with van der Waals surface area (Å²) in [6.45, 7) is 3.61. The van der Waals surface area contributed by atoms with E-state index in [0.717, 1.165) is 25.3 Å². The number of ether oxygens (including phenoxy) is 1. The lowest BCUT2D eigenvalue weighted by atomic mass is 9.99. The first-order valence-corrected chi connectivity index (χ1v) is 4.10. The minimum Gasteiger partial charge on any atom is -0.381 e. The summed E-state index contributed by atoms with van der Waals surface area (Å²) < 4.78 is 5.29. The van der Waals surface area contributed by atoms with Gasteiger partial charge in [-0.2, -0.15) is 0 Å². The summed E-state index contributed by atoms with van der Waals surface area (Å²) in [5.74, 6) is 0.480. The lowest BCUT2D eigenvalue weighted by molar-refractivity contribution is 0.193. The second-order valence-corrected chi connectivity index (χ2v) is 3.04. The maximum absolute atomic E-state index is 5.29. The van der Waals surface area contributed by atoms with Crippen LogP contribution in [0.25, 0.3) is 0 Å². The highest BCUT2D eigenvalue weighted by atomic mass is 16.5. The first-order chi connectivity index (χ1) is 5.88. The average molecular weight is 165 g/mol. The second-order valence-electron chi connectivity index (χ2n) is 3.04. The van der Waals surface area contributed by atoms with Crippen LogP contribution in [0, 0.1) is 6.92 Å². The molecule has 1 aliphatic heterocycles. The van der Waals surface area contributed by atoms with Crippen LogP contribution in [0.15, 0.2) is 6.20 Å². The number of aryl methyl sites for hydroxylation is 1. The summed E-state index contributed by atoms with van der Waals surface area (Å²) in [6, 6.07) is 0. The quantitative estimate of drug-likeness (QED) is 0.614. The Morgan fingerprint density at radius 2 is 2.50 bits per heavy atom. The Balaban J connectivity index is 2.26. The van der Waals surface area contributed by atoms with Crippen LogP contribution >= 0.6 is 0 Å². The number of nitrogens with zero attached hydrogens (tertiary/aromatic N) is 3. The van der Waals surface area contributed by atoms with Crippen LogP contribution in [0.4, 0.5) is 0 Å². The largest absolute Gasteiger partial charge is 0.381 e. The lowest BCUT2D eigenvalue weighted by Crippen LogP contribution is -2.04. The molecule has 0 saturated carbocycles. The van der Waals surface area contributed by atoms with Gasteiger partial charge in [0.05, 0.1) is 18.5 Å². The molecular weight excluding hydrogens is 154 g/mol. The molecule has 1 aromatic rings. The van der Waals surface area contributed by atoms with E-state index in [0.29, 0.717) is 5.92 Å². The van der Waals surface area contributed by atoms with Crippen molar-refractivity contribution >= 4 is 0 Å². The first kappa shape index (κ1) is 7.61. The molecule has 0 aromatic carbocycles. The molecule has 1 aromatic heterocycles. The van der Waals surface area contributed by atoms with Gasteiger partial charge in [-0.15, -0.1) is 10.2 Å². The summed E-state index contributed by atoms with van der Waals surface area (Å²) in [5.41, 5.74) is 2.16. The number of hydrogen-bond donors (Lipinski definition) is 0. The molecule has 0 radical (unpaired) electrons. The van der Waals surface area contributed by atoms with Crippen LogP contribution in [-0.4, -0.2) is 28.6 Å². The Morgan fingerprint density at radius 3 is 3.17 bits per heavy atom. The van der Waals surface area contributed by atoms with Crippen LogP contribution in [0.5, 0.6) is 0 Å². The summed E-state index contributed by atoms with van der Waals surface area (Å²) in [6.07, 6.45) is 2.87. The van der Waals surface area contributed by atoms with Crippen molar-refractivity contribution in [2.24, 2.45) is 0 Å². The van der Waals surface area contributed by atoms with Gasteiger partial charge in [0.15, 0.2) is 0 Å². The predicted molar refractivity (Wildman–Crippen MR) is 42.7 cm³/mol. The van der Waals surface area contributed by atoms with Crippen molar-refractivity contribution < 1.29 is 4.74 Å². The zero-order valence-corrected chi connectivity index (χ0v) is 7.03. The van der Waals surface area contributed by atoms with E-state index in [1.807, 2.05) is 6.92 Å². The van der Waals surface area contributed by atoms with E-state index in [9.17, 15) is 0 Å². The average Bonchev–Trinajstić information content (AvgIpc) is 2.57. The third kappa shape index (κ3) is 1.30. The Labute approximate surface area is 71.0 Å². The van der Waals surface area contributed by atoms with Gasteiger partial charge in [0.1, 0.15) is 0 Å². The summed E-state index contributed by atoms with van der Waals surface area (Å²) >= 11 is 0. The SMILES string of the molecule is Cc1nnncc1C1CCOC1. The highest BCUT2D eigenvalue weighted by Crippen LogP contribution is 2.25. The molecule has 1 aliphatic rings. The maximum atomic E-state index is 5.29. The first-order valence-electron chi connectivity index (χ1n) is 4.10. The minimum atomic E-state index is 0.480. The topological polar surface area (TPSA) is 47.9 Å². The molecule has 1 fully saturated rings. The molecule has 0 bridgehead atoms. The monoisotopic (exact) mass is 165 g/mol. The van der Waals surface area contributed by atoms with Crippen LogP contribution in [-0.2, 0) is 4.74 Å². The molecule has 2 rings (SSSR count). The highest BCUT2D eigenvalue weighted by molar-refractivity contribution is 5.19. The second kappa shape index (κ2) is 3.15. The molecule has 0 aliphatic carbocycles. The van der Waals surface area contributed by atoms with Crippen molar-refractivity contribution in [3.8, 4) is 0 Å². The summed E-state index contributed by atoms with van der Waals surface area (Å²) in [7, 11) is 0. The van der Waals surface area contributed by atoms with E-state index in [1.165, 1.54) is 5.56 Å². The molecule has 64 valence electrons. The van der Waals surface area contributed by atoms with Crippen molar-refractivity contribution in [2.45, 2.75) is 19.3 Å². The van der Waals surface area contributed by atoms with E-state index in [2.05, 4.69) is 15.4 Å². The molecule has 4 heteroatoms. The molecule has 0 N–H and O–H groups in total. The number of aromatic nitrogens is 3. The van der Waals surface area contributed by atoms with Gasteiger partial charge in [0, 0.05) is 18.1 Å². The van der Waals surface area contributed by atoms with Crippen LogP contribution in [0.3, 0.4) is 0 Å². The molecule has 0 amide bonds. The van der Waals surface area contributed by atoms with E-state index in [1.54, 1.807) is 6.20 Å².